The molecule has 4 N–H and O–H groups in total. The number of carbonyl (C=O) groups excluding carboxylic acids is 2. The van der Waals surface area contributed by atoms with Gasteiger partial charge >= 0.3 is 5.97 Å². The number of rotatable bonds is 10. The molecule has 0 rings (SSSR count). The van der Waals surface area contributed by atoms with Crippen molar-refractivity contribution < 1.29 is 24.6 Å². The van der Waals surface area contributed by atoms with Crippen LogP contribution in [0.1, 0.15) is 32.1 Å². The Bertz CT molecular complexity index is 281. The summed E-state index contributed by atoms with van der Waals surface area (Å²) in [6.07, 6.45) is 2.38. The SMILES string of the molecule is O=C(O)CNC(=O)CCC(=O)NCCCCCO. The van der Waals surface area contributed by atoms with Crippen LogP contribution in [-0.2, 0) is 14.4 Å². The van der Waals surface area contributed by atoms with E-state index in [0.29, 0.717) is 13.0 Å². The van der Waals surface area contributed by atoms with Gasteiger partial charge in [-0.25, -0.2) is 0 Å². The summed E-state index contributed by atoms with van der Waals surface area (Å²) in [5.41, 5.74) is 0. The second kappa shape index (κ2) is 10.5. The van der Waals surface area contributed by atoms with Gasteiger partial charge < -0.3 is 20.8 Å². The molecule has 18 heavy (non-hydrogen) atoms. The van der Waals surface area contributed by atoms with E-state index in [9.17, 15) is 14.4 Å². The molecule has 0 spiro atoms. The van der Waals surface area contributed by atoms with Crippen molar-refractivity contribution in [2.75, 3.05) is 19.7 Å². The van der Waals surface area contributed by atoms with Crippen LogP contribution in [0.15, 0.2) is 0 Å². The molecule has 0 heterocycles. The van der Waals surface area contributed by atoms with Crippen molar-refractivity contribution in [3.05, 3.63) is 0 Å². The number of unbranched alkanes of at least 4 members (excludes halogenated alkanes) is 2. The van der Waals surface area contributed by atoms with Gasteiger partial charge in [0.15, 0.2) is 0 Å². The Morgan fingerprint density at radius 2 is 1.50 bits per heavy atom. The highest BCUT2D eigenvalue weighted by Gasteiger charge is 2.07. The molecule has 7 nitrogen and oxygen atoms in total. The van der Waals surface area contributed by atoms with Gasteiger partial charge in [-0.1, -0.05) is 0 Å². The lowest BCUT2D eigenvalue weighted by molar-refractivity contribution is -0.138. The van der Waals surface area contributed by atoms with Crippen molar-refractivity contribution >= 4 is 17.8 Å². The third kappa shape index (κ3) is 10.9. The molecule has 2 amide bonds. The Balaban J connectivity index is 3.46. The number of aliphatic carboxylic acids is 1. The van der Waals surface area contributed by atoms with Gasteiger partial charge in [0, 0.05) is 26.0 Å². The van der Waals surface area contributed by atoms with E-state index >= 15 is 0 Å². The first-order chi connectivity index (χ1) is 8.56. The monoisotopic (exact) mass is 260 g/mol. The zero-order chi connectivity index (χ0) is 13.8. The molecule has 0 radical (unpaired) electrons. The minimum atomic E-state index is -1.11. The summed E-state index contributed by atoms with van der Waals surface area (Å²) in [5, 5.41) is 21.7. The number of hydrogen-bond donors (Lipinski definition) is 4. The van der Waals surface area contributed by atoms with E-state index in [0.717, 1.165) is 12.8 Å². The van der Waals surface area contributed by atoms with E-state index in [1.165, 1.54) is 0 Å². The predicted octanol–water partition coefficient (Wildman–Crippen LogP) is -0.754. The van der Waals surface area contributed by atoms with Crippen molar-refractivity contribution in [1.82, 2.24) is 10.6 Å². The fourth-order valence-electron chi connectivity index (χ4n) is 1.22. The van der Waals surface area contributed by atoms with Gasteiger partial charge in [-0.15, -0.1) is 0 Å². The Morgan fingerprint density at radius 3 is 2.06 bits per heavy atom. The van der Waals surface area contributed by atoms with Crippen LogP contribution in [-0.4, -0.2) is 47.7 Å². The average Bonchev–Trinajstić information content (AvgIpc) is 2.33. The van der Waals surface area contributed by atoms with Crippen LogP contribution in [0.4, 0.5) is 0 Å². The molecule has 7 heteroatoms. The number of hydrogen-bond acceptors (Lipinski definition) is 4. The molecule has 0 aliphatic heterocycles. The molecule has 0 atom stereocenters. The van der Waals surface area contributed by atoms with Crippen molar-refractivity contribution in [2.24, 2.45) is 0 Å². The van der Waals surface area contributed by atoms with Gasteiger partial charge in [-0.05, 0) is 19.3 Å². The van der Waals surface area contributed by atoms with Crippen molar-refractivity contribution in [3.8, 4) is 0 Å². The Morgan fingerprint density at radius 1 is 0.889 bits per heavy atom. The maximum absolute atomic E-state index is 11.3. The summed E-state index contributed by atoms with van der Waals surface area (Å²) in [6.45, 7) is 0.245. The molecule has 0 fully saturated rings. The van der Waals surface area contributed by atoms with E-state index in [1.807, 2.05) is 0 Å². The predicted molar refractivity (Wildman–Crippen MR) is 63.8 cm³/mol. The Labute approximate surface area is 106 Å². The molecule has 0 saturated heterocycles. The second-order valence-corrected chi connectivity index (χ2v) is 3.80. The van der Waals surface area contributed by atoms with E-state index in [1.54, 1.807) is 0 Å². The molecule has 0 bridgehead atoms. The summed E-state index contributed by atoms with van der Waals surface area (Å²) < 4.78 is 0. The topological polar surface area (TPSA) is 116 Å². The first kappa shape index (κ1) is 16.4. The molecule has 0 aliphatic carbocycles. The lowest BCUT2D eigenvalue weighted by atomic mass is 10.2. The summed E-state index contributed by atoms with van der Waals surface area (Å²) in [5.74, 6) is -1.80. The normalized spacial score (nSPS) is 9.83. The van der Waals surface area contributed by atoms with Crippen LogP contribution >= 0.6 is 0 Å². The average molecular weight is 260 g/mol. The van der Waals surface area contributed by atoms with Crippen LogP contribution in [0.5, 0.6) is 0 Å². The number of carboxylic acid groups (broad SMARTS) is 1. The lowest BCUT2D eigenvalue weighted by Crippen LogP contribution is -2.31. The van der Waals surface area contributed by atoms with Crippen molar-refractivity contribution in [3.63, 3.8) is 0 Å². The fraction of sp³-hybridized carbons (Fsp3) is 0.727. The summed E-state index contributed by atoms with van der Waals surface area (Å²) in [6, 6.07) is 0. The highest BCUT2D eigenvalue weighted by atomic mass is 16.4. The van der Waals surface area contributed by atoms with Crippen LogP contribution in [0.3, 0.4) is 0 Å². The number of carbonyl (C=O) groups is 3. The molecular formula is C11H20N2O5. The largest absolute Gasteiger partial charge is 0.480 e. The standard InChI is InChI=1S/C11H20N2O5/c14-7-3-1-2-6-12-9(15)4-5-10(16)13-8-11(17)18/h14H,1-8H2,(H,12,15)(H,13,16)(H,17,18). The Hall–Kier alpha value is -1.63. The number of aliphatic hydroxyl groups excluding tert-OH is 1. The molecular weight excluding hydrogens is 240 g/mol. The van der Waals surface area contributed by atoms with Crippen LogP contribution in [0, 0.1) is 0 Å². The van der Waals surface area contributed by atoms with E-state index in [2.05, 4.69) is 10.6 Å². The van der Waals surface area contributed by atoms with Crippen molar-refractivity contribution in [1.29, 1.82) is 0 Å². The Kier molecular flexibility index (Phi) is 9.57. The van der Waals surface area contributed by atoms with Gasteiger partial charge in [0.25, 0.3) is 0 Å². The van der Waals surface area contributed by atoms with Crippen LogP contribution in [0.2, 0.25) is 0 Å². The molecule has 0 saturated carbocycles. The zero-order valence-electron chi connectivity index (χ0n) is 10.3. The van der Waals surface area contributed by atoms with Crippen LogP contribution in [0.25, 0.3) is 0 Å². The highest BCUT2D eigenvalue weighted by Crippen LogP contribution is 1.93. The lowest BCUT2D eigenvalue weighted by Gasteiger charge is -2.05. The van der Waals surface area contributed by atoms with Gasteiger partial charge in [-0.3, -0.25) is 14.4 Å². The van der Waals surface area contributed by atoms with Gasteiger partial charge in [0.1, 0.15) is 6.54 Å². The number of amides is 2. The molecule has 0 aromatic carbocycles. The van der Waals surface area contributed by atoms with Crippen molar-refractivity contribution in [2.45, 2.75) is 32.1 Å². The molecule has 0 aliphatic rings. The van der Waals surface area contributed by atoms with E-state index < -0.39 is 18.4 Å². The fourth-order valence-corrected chi connectivity index (χ4v) is 1.22. The van der Waals surface area contributed by atoms with Gasteiger partial charge in [0.2, 0.25) is 11.8 Å². The molecule has 0 aromatic rings. The van der Waals surface area contributed by atoms with Crippen LogP contribution < -0.4 is 10.6 Å². The third-order valence-electron chi connectivity index (χ3n) is 2.17. The molecule has 0 aromatic heterocycles. The van der Waals surface area contributed by atoms with Gasteiger partial charge in [-0.2, -0.15) is 0 Å². The highest BCUT2D eigenvalue weighted by molar-refractivity contribution is 5.85. The number of nitrogens with one attached hydrogen (secondary N) is 2. The minimum absolute atomic E-state index is 0.0181. The smallest absolute Gasteiger partial charge is 0.322 e. The summed E-state index contributed by atoms with van der Waals surface area (Å²) >= 11 is 0. The quantitative estimate of drug-likeness (QED) is 0.386. The maximum Gasteiger partial charge on any atom is 0.322 e. The summed E-state index contributed by atoms with van der Waals surface area (Å²) in [7, 11) is 0. The second-order valence-electron chi connectivity index (χ2n) is 3.80. The number of carboxylic acids is 1. The first-order valence-electron chi connectivity index (χ1n) is 5.92. The van der Waals surface area contributed by atoms with E-state index in [4.69, 9.17) is 10.2 Å². The molecule has 0 unspecified atom stereocenters. The third-order valence-corrected chi connectivity index (χ3v) is 2.17. The number of aliphatic hydroxyl groups is 1. The first-order valence-corrected chi connectivity index (χ1v) is 5.92. The maximum atomic E-state index is 11.3. The molecule has 104 valence electrons. The van der Waals surface area contributed by atoms with E-state index in [-0.39, 0.29) is 25.4 Å². The van der Waals surface area contributed by atoms with Gasteiger partial charge in [0.05, 0.1) is 0 Å². The summed E-state index contributed by atoms with van der Waals surface area (Å²) in [4.78, 5) is 32.5. The zero-order valence-corrected chi connectivity index (χ0v) is 10.3. The minimum Gasteiger partial charge on any atom is -0.480 e.